The highest BCUT2D eigenvalue weighted by Crippen LogP contribution is 2.14. The second-order valence-corrected chi connectivity index (χ2v) is 5.59. The van der Waals surface area contributed by atoms with Crippen molar-refractivity contribution in [3.63, 3.8) is 0 Å². The van der Waals surface area contributed by atoms with E-state index in [1.54, 1.807) is 24.3 Å². The average molecular weight is 347 g/mol. The molecule has 2 aromatic rings. The molecule has 5 nitrogen and oxygen atoms in total. The summed E-state index contributed by atoms with van der Waals surface area (Å²) in [6, 6.07) is 14.2. The van der Waals surface area contributed by atoms with Crippen molar-refractivity contribution in [1.29, 1.82) is 0 Å². The van der Waals surface area contributed by atoms with Crippen molar-refractivity contribution in [2.45, 2.75) is 6.92 Å². The van der Waals surface area contributed by atoms with Gasteiger partial charge in [-0.3, -0.25) is 9.59 Å². The lowest BCUT2D eigenvalue weighted by Crippen LogP contribution is -2.36. The van der Waals surface area contributed by atoms with E-state index >= 15 is 0 Å². The lowest BCUT2D eigenvalue weighted by Gasteiger charge is -2.09. The van der Waals surface area contributed by atoms with Gasteiger partial charge < -0.3 is 15.4 Å². The smallest absolute Gasteiger partial charge is 0.258 e. The van der Waals surface area contributed by atoms with E-state index in [2.05, 4.69) is 10.6 Å². The highest BCUT2D eigenvalue weighted by molar-refractivity contribution is 6.33. The molecule has 0 saturated carbocycles. The van der Waals surface area contributed by atoms with Crippen LogP contribution < -0.4 is 15.4 Å². The van der Waals surface area contributed by atoms with Crippen LogP contribution in [0.2, 0.25) is 5.02 Å². The number of amides is 2. The maximum absolute atomic E-state index is 11.9. The predicted molar refractivity (Wildman–Crippen MR) is 93.5 cm³/mol. The van der Waals surface area contributed by atoms with Crippen LogP contribution in [0.25, 0.3) is 0 Å². The highest BCUT2D eigenvalue weighted by atomic mass is 35.5. The molecule has 0 fully saturated rings. The quantitative estimate of drug-likeness (QED) is 0.757. The number of benzene rings is 2. The van der Waals surface area contributed by atoms with Crippen LogP contribution in [0, 0.1) is 6.92 Å². The van der Waals surface area contributed by atoms with Crippen LogP contribution in [0.4, 0.5) is 0 Å². The highest BCUT2D eigenvalue weighted by Gasteiger charge is 2.08. The Balaban J connectivity index is 1.65. The summed E-state index contributed by atoms with van der Waals surface area (Å²) in [5.74, 6) is 0.121. The number of aryl methyl sites for hydroxylation is 1. The molecule has 0 aliphatic rings. The van der Waals surface area contributed by atoms with E-state index in [1.165, 1.54) is 0 Å². The standard InChI is InChI=1S/C18H19ClN2O3/c1-13-6-8-14(9-7-13)24-12-17(22)20-10-11-21-18(23)15-4-2-3-5-16(15)19/h2-9H,10-12H2,1H3,(H,20,22)(H,21,23). The number of halogens is 1. The minimum absolute atomic E-state index is 0.0679. The molecular weight excluding hydrogens is 328 g/mol. The van der Waals surface area contributed by atoms with E-state index in [0.717, 1.165) is 5.56 Å². The number of nitrogens with one attached hydrogen (secondary N) is 2. The fourth-order valence-corrected chi connectivity index (χ4v) is 2.17. The summed E-state index contributed by atoms with van der Waals surface area (Å²) in [6.07, 6.45) is 0. The summed E-state index contributed by atoms with van der Waals surface area (Å²) in [5, 5.41) is 5.76. The zero-order valence-electron chi connectivity index (χ0n) is 13.3. The predicted octanol–water partition coefficient (Wildman–Crippen LogP) is 2.57. The molecule has 2 rings (SSSR count). The number of hydrogen-bond donors (Lipinski definition) is 2. The topological polar surface area (TPSA) is 67.4 Å². The van der Waals surface area contributed by atoms with Crippen molar-refractivity contribution >= 4 is 23.4 Å². The van der Waals surface area contributed by atoms with E-state index in [1.807, 2.05) is 31.2 Å². The van der Waals surface area contributed by atoms with E-state index in [-0.39, 0.29) is 18.4 Å². The fourth-order valence-electron chi connectivity index (χ4n) is 1.95. The molecule has 0 bridgehead atoms. The van der Waals surface area contributed by atoms with Gasteiger partial charge in [-0.25, -0.2) is 0 Å². The molecule has 0 aliphatic carbocycles. The summed E-state index contributed by atoms with van der Waals surface area (Å²) in [4.78, 5) is 23.6. The third-order valence-electron chi connectivity index (χ3n) is 3.24. The Labute approximate surface area is 146 Å². The zero-order valence-corrected chi connectivity index (χ0v) is 14.1. The Kier molecular flexibility index (Phi) is 6.63. The Morgan fingerprint density at radius 1 is 1.00 bits per heavy atom. The number of carbonyl (C=O) groups excluding carboxylic acids is 2. The number of ether oxygens (including phenoxy) is 1. The molecule has 0 aliphatic heterocycles. The molecule has 2 amide bonds. The van der Waals surface area contributed by atoms with E-state index in [9.17, 15) is 9.59 Å². The van der Waals surface area contributed by atoms with Gasteiger partial charge in [-0.2, -0.15) is 0 Å². The van der Waals surface area contributed by atoms with Gasteiger partial charge in [0.15, 0.2) is 6.61 Å². The average Bonchev–Trinajstić information content (AvgIpc) is 2.58. The number of hydrogen-bond acceptors (Lipinski definition) is 3. The maximum atomic E-state index is 11.9. The van der Waals surface area contributed by atoms with Crippen LogP contribution in [-0.4, -0.2) is 31.5 Å². The molecule has 0 heterocycles. The van der Waals surface area contributed by atoms with E-state index < -0.39 is 0 Å². The van der Waals surface area contributed by atoms with Crippen LogP contribution in [0.1, 0.15) is 15.9 Å². The monoisotopic (exact) mass is 346 g/mol. The summed E-state index contributed by atoms with van der Waals surface area (Å²) in [7, 11) is 0. The van der Waals surface area contributed by atoms with Crippen molar-refractivity contribution < 1.29 is 14.3 Å². The number of carbonyl (C=O) groups is 2. The van der Waals surface area contributed by atoms with Crippen LogP contribution in [-0.2, 0) is 4.79 Å². The first-order chi connectivity index (χ1) is 11.6. The van der Waals surface area contributed by atoms with Gasteiger partial charge >= 0.3 is 0 Å². The summed E-state index contributed by atoms with van der Waals surface area (Å²) < 4.78 is 5.37. The molecule has 0 saturated heterocycles. The van der Waals surface area contributed by atoms with Crippen molar-refractivity contribution in [1.82, 2.24) is 10.6 Å². The molecule has 0 aromatic heterocycles. The van der Waals surface area contributed by atoms with Gasteiger partial charge in [-0.15, -0.1) is 0 Å². The van der Waals surface area contributed by atoms with E-state index in [0.29, 0.717) is 29.4 Å². The Bertz CT molecular complexity index is 702. The van der Waals surface area contributed by atoms with Crippen molar-refractivity contribution in [3.8, 4) is 5.75 Å². The summed E-state index contributed by atoms with van der Waals surface area (Å²) in [5.41, 5.74) is 1.54. The van der Waals surface area contributed by atoms with Crippen LogP contribution >= 0.6 is 11.6 Å². The van der Waals surface area contributed by atoms with Crippen LogP contribution in [0.5, 0.6) is 5.75 Å². The normalized spacial score (nSPS) is 10.1. The maximum Gasteiger partial charge on any atom is 0.258 e. The van der Waals surface area contributed by atoms with Crippen molar-refractivity contribution in [2.24, 2.45) is 0 Å². The van der Waals surface area contributed by atoms with Crippen molar-refractivity contribution in [2.75, 3.05) is 19.7 Å². The minimum atomic E-state index is -0.272. The third kappa shape index (κ3) is 5.59. The largest absolute Gasteiger partial charge is 0.484 e. The first-order valence-corrected chi connectivity index (χ1v) is 7.93. The first kappa shape index (κ1) is 17.8. The van der Waals surface area contributed by atoms with Gasteiger partial charge in [0, 0.05) is 13.1 Å². The van der Waals surface area contributed by atoms with Crippen LogP contribution in [0.3, 0.4) is 0 Å². The molecule has 0 unspecified atom stereocenters. The summed E-state index contributed by atoms with van der Waals surface area (Å²) >= 11 is 5.94. The lowest BCUT2D eigenvalue weighted by atomic mass is 10.2. The molecule has 6 heteroatoms. The molecule has 24 heavy (non-hydrogen) atoms. The zero-order chi connectivity index (χ0) is 17.4. The Hall–Kier alpha value is -2.53. The minimum Gasteiger partial charge on any atom is -0.484 e. The molecule has 0 atom stereocenters. The van der Waals surface area contributed by atoms with Gasteiger partial charge in [0.2, 0.25) is 0 Å². The second kappa shape index (κ2) is 8.93. The molecule has 126 valence electrons. The van der Waals surface area contributed by atoms with Gasteiger partial charge in [0.25, 0.3) is 11.8 Å². The van der Waals surface area contributed by atoms with Gasteiger partial charge in [0.1, 0.15) is 5.75 Å². The Morgan fingerprint density at radius 3 is 2.38 bits per heavy atom. The molecule has 0 spiro atoms. The van der Waals surface area contributed by atoms with Gasteiger partial charge in [-0.05, 0) is 31.2 Å². The lowest BCUT2D eigenvalue weighted by molar-refractivity contribution is -0.123. The number of rotatable bonds is 7. The first-order valence-electron chi connectivity index (χ1n) is 7.55. The van der Waals surface area contributed by atoms with Crippen LogP contribution in [0.15, 0.2) is 48.5 Å². The Morgan fingerprint density at radius 2 is 1.67 bits per heavy atom. The summed E-state index contributed by atoms with van der Waals surface area (Å²) in [6.45, 7) is 2.53. The fraction of sp³-hybridized carbons (Fsp3) is 0.222. The molecule has 2 N–H and O–H groups in total. The molecular formula is C18H19ClN2O3. The van der Waals surface area contributed by atoms with Gasteiger partial charge in [-0.1, -0.05) is 41.4 Å². The third-order valence-corrected chi connectivity index (χ3v) is 3.57. The van der Waals surface area contributed by atoms with Crippen molar-refractivity contribution in [3.05, 3.63) is 64.7 Å². The SMILES string of the molecule is Cc1ccc(OCC(=O)NCCNC(=O)c2ccccc2Cl)cc1. The second-order valence-electron chi connectivity index (χ2n) is 5.19. The molecule has 0 radical (unpaired) electrons. The van der Waals surface area contributed by atoms with Gasteiger partial charge in [0.05, 0.1) is 10.6 Å². The molecule has 2 aromatic carbocycles. The van der Waals surface area contributed by atoms with E-state index in [4.69, 9.17) is 16.3 Å².